The van der Waals surface area contributed by atoms with E-state index in [0.717, 1.165) is 0 Å². The van der Waals surface area contributed by atoms with Crippen molar-refractivity contribution in [1.82, 2.24) is 4.90 Å². The molecular weight excluding hydrogens is 222 g/mol. The molecule has 0 saturated carbocycles. The third-order valence-electron chi connectivity index (χ3n) is 2.11. The van der Waals surface area contributed by atoms with Crippen LogP contribution >= 0.6 is 0 Å². The standard InChI is InChI=1S/C8H16NO7/c1-6-3-9(4-7(2)12-6)5-8(10)13-15-16-14-11/h6-8,11H,3-5H2,1-2H3/q-1. The average molecular weight is 238 g/mol. The molecule has 8 nitrogen and oxygen atoms in total. The Morgan fingerprint density at radius 2 is 2.00 bits per heavy atom. The fraction of sp³-hybridized carbons (Fsp3) is 1.00. The molecule has 3 unspecified atom stereocenters. The lowest BCUT2D eigenvalue weighted by atomic mass is 10.2. The van der Waals surface area contributed by atoms with Crippen LogP contribution in [0.3, 0.4) is 0 Å². The average Bonchev–Trinajstić information content (AvgIpc) is 2.16. The van der Waals surface area contributed by atoms with Crippen LogP contribution in [0, 0.1) is 0 Å². The SMILES string of the molecule is CC1CN(CC([O-])OOOOO)CC(C)O1. The molecule has 0 aliphatic carbocycles. The molecule has 16 heavy (non-hydrogen) atoms. The lowest BCUT2D eigenvalue weighted by molar-refractivity contribution is -0.736. The number of ether oxygens (including phenoxy) is 1. The second-order valence-corrected chi connectivity index (χ2v) is 3.71. The third kappa shape index (κ3) is 5.14. The summed E-state index contributed by atoms with van der Waals surface area (Å²) in [7, 11) is 0. The van der Waals surface area contributed by atoms with Gasteiger partial charge in [-0.2, -0.15) is 0 Å². The zero-order valence-electron chi connectivity index (χ0n) is 9.20. The van der Waals surface area contributed by atoms with Gasteiger partial charge in [0.25, 0.3) is 0 Å². The first-order chi connectivity index (χ1) is 7.61. The van der Waals surface area contributed by atoms with Crippen LogP contribution in [0.4, 0.5) is 0 Å². The summed E-state index contributed by atoms with van der Waals surface area (Å²) in [6.07, 6.45) is -1.30. The summed E-state index contributed by atoms with van der Waals surface area (Å²) >= 11 is 0. The van der Waals surface area contributed by atoms with Crippen LogP contribution in [0.15, 0.2) is 0 Å². The van der Waals surface area contributed by atoms with E-state index in [-0.39, 0.29) is 18.8 Å². The lowest BCUT2D eigenvalue weighted by Gasteiger charge is -2.37. The summed E-state index contributed by atoms with van der Waals surface area (Å²) < 4.78 is 5.50. The highest BCUT2D eigenvalue weighted by atomic mass is 17.8. The van der Waals surface area contributed by atoms with Crippen molar-refractivity contribution in [2.45, 2.75) is 32.3 Å². The molecule has 8 heteroatoms. The van der Waals surface area contributed by atoms with Crippen molar-refractivity contribution in [2.75, 3.05) is 19.6 Å². The summed E-state index contributed by atoms with van der Waals surface area (Å²) in [6, 6.07) is 0. The topological polar surface area (TPSA) is 92.7 Å². The molecule has 1 aliphatic rings. The van der Waals surface area contributed by atoms with E-state index in [2.05, 4.69) is 20.0 Å². The highest BCUT2D eigenvalue weighted by Gasteiger charge is 2.22. The molecule has 1 heterocycles. The summed E-state index contributed by atoms with van der Waals surface area (Å²) in [5.41, 5.74) is 0. The van der Waals surface area contributed by atoms with E-state index in [1.807, 2.05) is 18.7 Å². The van der Waals surface area contributed by atoms with Gasteiger partial charge in [-0.15, -0.1) is 0 Å². The van der Waals surface area contributed by atoms with Crippen LogP contribution in [0.2, 0.25) is 0 Å². The van der Waals surface area contributed by atoms with Crippen LogP contribution < -0.4 is 5.11 Å². The Morgan fingerprint density at radius 1 is 1.38 bits per heavy atom. The van der Waals surface area contributed by atoms with E-state index in [4.69, 9.17) is 9.99 Å². The smallest absolute Gasteiger partial charge is 0.0678 e. The number of hydrogen-bond acceptors (Lipinski definition) is 8. The summed E-state index contributed by atoms with van der Waals surface area (Å²) in [6.45, 7) is 5.31. The van der Waals surface area contributed by atoms with Crippen LogP contribution in [0.1, 0.15) is 13.8 Å². The van der Waals surface area contributed by atoms with Gasteiger partial charge in [0.2, 0.25) is 0 Å². The summed E-state index contributed by atoms with van der Waals surface area (Å²) in [5, 5.41) is 29.4. The van der Waals surface area contributed by atoms with Crippen molar-refractivity contribution < 1.29 is 35.1 Å². The fourth-order valence-corrected chi connectivity index (χ4v) is 1.75. The second kappa shape index (κ2) is 7.09. The second-order valence-electron chi connectivity index (χ2n) is 3.71. The van der Waals surface area contributed by atoms with Crippen molar-refractivity contribution >= 4 is 0 Å². The van der Waals surface area contributed by atoms with E-state index in [1.165, 1.54) is 0 Å². The third-order valence-corrected chi connectivity index (χ3v) is 2.11. The normalized spacial score (nSPS) is 29.2. The van der Waals surface area contributed by atoms with E-state index >= 15 is 0 Å². The van der Waals surface area contributed by atoms with Gasteiger partial charge in [0.15, 0.2) is 0 Å². The Labute approximate surface area is 92.9 Å². The lowest BCUT2D eigenvalue weighted by Crippen LogP contribution is -2.50. The molecule has 0 bridgehead atoms. The molecule has 0 aromatic carbocycles. The molecule has 0 aromatic rings. The molecule has 1 rings (SSSR count). The Bertz CT molecular complexity index is 183. The molecular formula is C8H16NO7-. The molecule has 96 valence electrons. The van der Waals surface area contributed by atoms with E-state index < -0.39 is 6.29 Å². The summed E-state index contributed by atoms with van der Waals surface area (Å²) in [4.78, 5) is 6.11. The number of nitrogens with zero attached hydrogens (tertiary/aromatic N) is 1. The van der Waals surface area contributed by atoms with E-state index in [9.17, 15) is 5.11 Å². The van der Waals surface area contributed by atoms with Gasteiger partial charge in [-0.1, -0.05) is 0 Å². The van der Waals surface area contributed by atoms with Crippen molar-refractivity contribution in [3.63, 3.8) is 0 Å². The van der Waals surface area contributed by atoms with Crippen molar-refractivity contribution in [1.29, 1.82) is 0 Å². The van der Waals surface area contributed by atoms with Gasteiger partial charge in [-0.05, 0) is 29.0 Å². The van der Waals surface area contributed by atoms with Crippen LogP contribution in [0.25, 0.3) is 0 Å². The van der Waals surface area contributed by atoms with Crippen molar-refractivity contribution in [3.8, 4) is 0 Å². The summed E-state index contributed by atoms with van der Waals surface area (Å²) in [5.74, 6) is 0. The fourth-order valence-electron chi connectivity index (χ4n) is 1.75. The van der Waals surface area contributed by atoms with Gasteiger partial charge in [0, 0.05) is 25.9 Å². The zero-order valence-corrected chi connectivity index (χ0v) is 9.20. The first-order valence-corrected chi connectivity index (χ1v) is 4.95. The molecule has 0 aromatic heterocycles. The minimum atomic E-state index is -1.45. The highest BCUT2D eigenvalue weighted by Crippen LogP contribution is 2.10. The molecule has 0 spiro atoms. The van der Waals surface area contributed by atoms with Gasteiger partial charge < -0.3 is 9.84 Å². The molecule has 1 aliphatic heterocycles. The number of hydrogen-bond donors (Lipinski definition) is 1. The predicted octanol–water partition coefficient (Wildman–Crippen LogP) is -0.934. The minimum absolute atomic E-state index is 0.0777. The largest absolute Gasteiger partial charge is 0.828 e. The number of rotatable bonds is 6. The minimum Gasteiger partial charge on any atom is -0.828 e. The first-order valence-electron chi connectivity index (χ1n) is 4.95. The van der Waals surface area contributed by atoms with E-state index in [1.54, 1.807) is 0 Å². The Morgan fingerprint density at radius 3 is 2.56 bits per heavy atom. The van der Waals surface area contributed by atoms with Crippen molar-refractivity contribution in [3.05, 3.63) is 0 Å². The van der Waals surface area contributed by atoms with Crippen LogP contribution in [-0.4, -0.2) is 48.3 Å². The first kappa shape index (κ1) is 13.7. The van der Waals surface area contributed by atoms with Gasteiger partial charge >= 0.3 is 0 Å². The quantitative estimate of drug-likeness (QED) is 0.274. The van der Waals surface area contributed by atoms with Gasteiger partial charge in [-0.25, -0.2) is 10.1 Å². The zero-order chi connectivity index (χ0) is 12.0. The Balaban J connectivity index is 2.19. The monoisotopic (exact) mass is 238 g/mol. The maximum atomic E-state index is 11.2. The predicted molar refractivity (Wildman–Crippen MR) is 47.2 cm³/mol. The van der Waals surface area contributed by atoms with Gasteiger partial charge in [-0.3, -0.25) is 4.90 Å². The van der Waals surface area contributed by atoms with E-state index in [0.29, 0.717) is 13.1 Å². The van der Waals surface area contributed by atoms with Gasteiger partial charge in [0.05, 0.1) is 12.2 Å². The van der Waals surface area contributed by atoms with Crippen molar-refractivity contribution in [2.24, 2.45) is 0 Å². The number of morpholine rings is 1. The Hall–Kier alpha value is -0.320. The molecule has 1 fully saturated rings. The molecule has 1 N–H and O–H groups in total. The van der Waals surface area contributed by atoms with Crippen LogP contribution in [-0.2, 0) is 24.7 Å². The highest BCUT2D eigenvalue weighted by molar-refractivity contribution is 4.73. The van der Waals surface area contributed by atoms with Crippen LogP contribution in [0.5, 0.6) is 0 Å². The molecule has 0 radical (unpaired) electrons. The molecule has 0 amide bonds. The van der Waals surface area contributed by atoms with Gasteiger partial charge in [0.1, 0.15) is 0 Å². The Kier molecular flexibility index (Phi) is 6.09. The maximum absolute atomic E-state index is 11.2. The molecule has 3 atom stereocenters. The molecule has 1 saturated heterocycles. The maximum Gasteiger partial charge on any atom is 0.0678 e.